The van der Waals surface area contributed by atoms with Crippen LogP contribution in [-0.4, -0.2) is 64.6 Å². The molecule has 1 aliphatic rings. The van der Waals surface area contributed by atoms with Crippen molar-refractivity contribution in [3.63, 3.8) is 0 Å². The summed E-state index contributed by atoms with van der Waals surface area (Å²) in [6, 6.07) is 0. The van der Waals surface area contributed by atoms with E-state index in [0.29, 0.717) is 32.1 Å². The van der Waals surface area contributed by atoms with Crippen molar-refractivity contribution < 1.29 is 39.2 Å². The van der Waals surface area contributed by atoms with Gasteiger partial charge in [0, 0.05) is 31.1 Å². The molecule has 8 heteroatoms. The Morgan fingerprint density at radius 1 is 0.700 bits per heavy atom. The van der Waals surface area contributed by atoms with Gasteiger partial charge in [-0.3, -0.25) is 14.4 Å². The van der Waals surface area contributed by atoms with E-state index in [0.717, 1.165) is 38.5 Å². The van der Waals surface area contributed by atoms with Crippen molar-refractivity contribution in [1.82, 2.24) is 0 Å². The molecule has 50 heavy (non-hydrogen) atoms. The van der Waals surface area contributed by atoms with Crippen LogP contribution in [0.4, 0.5) is 0 Å². The molecule has 0 aliphatic heterocycles. The smallest absolute Gasteiger partial charge is 0.305 e. The minimum atomic E-state index is -1.05. The molecule has 3 N–H and O–H groups in total. The SMILES string of the molecule is CCCCCCCCCCCCCCCCCCC(=O)OC[C@H](O)COC(=O)CCC/C=C\C[C@H]1[C@@H](O)CC(=O)[C@@H]1/C=C/[C@@H](O)CCCCC. The molecule has 0 radical (unpaired) electrons. The van der Waals surface area contributed by atoms with Crippen LogP contribution in [0.15, 0.2) is 24.3 Å². The van der Waals surface area contributed by atoms with Crippen LogP contribution in [-0.2, 0) is 23.9 Å². The van der Waals surface area contributed by atoms with Gasteiger partial charge in [-0.2, -0.15) is 0 Å². The van der Waals surface area contributed by atoms with Crippen LogP contribution in [0, 0.1) is 11.8 Å². The van der Waals surface area contributed by atoms with Gasteiger partial charge in [0.15, 0.2) is 0 Å². The van der Waals surface area contributed by atoms with E-state index >= 15 is 0 Å². The Morgan fingerprint density at radius 3 is 1.72 bits per heavy atom. The third kappa shape index (κ3) is 25.0. The minimum absolute atomic E-state index is 0.00279. The van der Waals surface area contributed by atoms with Crippen molar-refractivity contribution in [2.24, 2.45) is 11.8 Å². The lowest BCUT2D eigenvalue weighted by Crippen LogP contribution is -2.25. The highest BCUT2D eigenvalue weighted by molar-refractivity contribution is 5.86. The van der Waals surface area contributed by atoms with Crippen molar-refractivity contribution in [2.75, 3.05) is 13.2 Å². The summed E-state index contributed by atoms with van der Waals surface area (Å²) in [5.74, 6) is -1.36. The molecule has 1 fully saturated rings. The summed E-state index contributed by atoms with van der Waals surface area (Å²) in [6.07, 6.45) is 31.7. The number of esters is 2. The van der Waals surface area contributed by atoms with Crippen LogP contribution in [0.2, 0.25) is 0 Å². The second-order valence-electron chi connectivity index (χ2n) is 14.5. The molecule has 0 aromatic rings. The van der Waals surface area contributed by atoms with Crippen molar-refractivity contribution in [3.8, 4) is 0 Å². The summed E-state index contributed by atoms with van der Waals surface area (Å²) in [4.78, 5) is 36.5. The number of ketones is 1. The fourth-order valence-electron chi connectivity index (χ4n) is 6.60. The summed E-state index contributed by atoms with van der Waals surface area (Å²) < 4.78 is 10.3. The maximum Gasteiger partial charge on any atom is 0.305 e. The summed E-state index contributed by atoms with van der Waals surface area (Å²) in [6.45, 7) is 3.98. The molecule has 0 spiro atoms. The van der Waals surface area contributed by atoms with Gasteiger partial charge in [0.1, 0.15) is 25.1 Å². The first-order valence-electron chi connectivity index (χ1n) is 20.5. The summed E-state index contributed by atoms with van der Waals surface area (Å²) in [7, 11) is 0. The quantitative estimate of drug-likeness (QED) is 0.0350. The van der Waals surface area contributed by atoms with Gasteiger partial charge in [0.2, 0.25) is 0 Å². The van der Waals surface area contributed by atoms with Crippen molar-refractivity contribution >= 4 is 17.7 Å². The van der Waals surface area contributed by atoms with E-state index in [9.17, 15) is 29.7 Å². The second-order valence-corrected chi connectivity index (χ2v) is 14.5. The first kappa shape index (κ1) is 46.0. The molecule has 0 heterocycles. The van der Waals surface area contributed by atoms with Gasteiger partial charge in [0.25, 0.3) is 0 Å². The predicted octanol–water partition coefficient (Wildman–Crippen LogP) is 9.27. The van der Waals surface area contributed by atoms with Gasteiger partial charge in [-0.1, -0.05) is 154 Å². The zero-order valence-electron chi connectivity index (χ0n) is 31.9. The lowest BCUT2D eigenvalue weighted by molar-refractivity contribution is -0.152. The van der Waals surface area contributed by atoms with Gasteiger partial charge in [-0.05, 0) is 32.1 Å². The van der Waals surface area contributed by atoms with Crippen LogP contribution in [0.5, 0.6) is 0 Å². The molecule has 1 rings (SSSR count). The maximum atomic E-state index is 12.4. The number of hydrogen-bond donors (Lipinski definition) is 3. The number of carbonyl (C=O) groups is 3. The lowest BCUT2D eigenvalue weighted by Gasteiger charge is -2.17. The van der Waals surface area contributed by atoms with Gasteiger partial charge in [-0.15, -0.1) is 0 Å². The van der Waals surface area contributed by atoms with E-state index in [1.54, 1.807) is 12.2 Å². The molecule has 0 aromatic carbocycles. The first-order valence-corrected chi connectivity index (χ1v) is 20.5. The lowest BCUT2D eigenvalue weighted by atomic mass is 9.90. The van der Waals surface area contributed by atoms with Crippen LogP contribution in [0.25, 0.3) is 0 Å². The number of unbranched alkanes of at least 4 members (excludes halogenated alkanes) is 18. The Bertz CT molecular complexity index is 915. The van der Waals surface area contributed by atoms with Crippen molar-refractivity contribution in [1.29, 1.82) is 0 Å². The molecule has 0 bridgehead atoms. The Labute approximate surface area is 304 Å². The zero-order valence-corrected chi connectivity index (χ0v) is 31.9. The number of ether oxygens (including phenoxy) is 2. The highest BCUT2D eigenvalue weighted by Crippen LogP contribution is 2.33. The molecule has 1 aliphatic carbocycles. The fourth-order valence-corrected chi connectivity index (χ4v) is 6.60. The van der Waals surface area contributed by atoms with E-state index in [1.807, 2.05) is 12.2 Å². The van der Waals surface area contributed by atoms with Gasteiger partial charge in [-0.25, -0.2) is 0 Å². The monoisotopic (exact) mass is 707 g/mol. The molecule has 8 nitrogen and oxygen atoms in total. The van der Waals surface area contributed by atoms with Crippen molar-refractivity contribution in [2.45, 2.75) is 199 Å². The predicted molar refractivity (Wildman–Crippen MR) is 202 cm³/mol. The third-order valence-electron chi connectivity index (χ3n) is 9.82. The van der Waals surface area contributed by atoms with E-state index in [1.165, 1.54) is 83.5 Å². The van der Waals surface area contributed by atoms with Crippen LogP contribution >= 0.6 is 0 Å². The van der Waals surface area contributed by atoms with Crippen LogP contribution in [0.3, 0.4) is 0 Å². The molecule has 1 saturated carbocycles. The number of rotatable bonds is 33. The molecule has 0 aromatic heterocycles. The fraction of sp³-hybridized carbons (Fsp3) is 0.833. The zero-order chi connectivity index (χ0) is 36.7. The summed E-state index contributed by atoms with van der Waals surface area (Å²) in [5, 5.41) is 30.6. The maximum absolute atomic E-state index is 12.4. The highest BCUT2D eigenvalue weighted by atomic mass is 16.6. The normalized spacial score (nSPS) is 19.1. The van der Waals surface area contributed by atoms with Gasteiger partial charge < -0.3 is 24.8 Å². The molecule has 290 valence electrons. The van der Waals surface area contributed by atoms with E-state index in [2.05, 4.69) is 13.8 Å². The number of aliphatic hydroxyl groups excluding tert-OH is 3. The number of allylic oxidation sites excluding steroid dienone is 3. The van der Waals surface area contributed by atoms with E-state index in [-0.39, 0.29) is 43.7 Å². The van der Waals surface area contributed by atoms with Gasteiger partial charge >= 0.3 is 11.9 Å². The van der Waals surface area contributed by atoms with Crippen LogP contribution < -0.4 is 0 Å². The number of Topliss-reactive ketones (excluding diaryl/α,β-unsaturated/α-hetero) is 1. The van der Waals surface area contributed by atoms with Gasteiger partial charge in [0.05, 0.1) is 12.2 Å². The van der Waals surface area contributed by atoms with Crippen LogP contribution in [0.1, 0.15) is 181 Å². The first-order chi connectivity index (χ1) is 24.3. The Morgan fingerprint density at radius 2 is 1.18 bits per heavy atom. The average Bonchev–Trinajstić information content (AvgIpc) is 3.37. The van der Waals surface area contributed by atoms with E-state index in [4.69, 9.17) is 9.47 Å². The Balaban J connectivity index is 2.02. The highest BCUT2D eigenvalue weighted by Gasteiger charge is 2.39. The topological polar surface area (TPSA) is 130 Å². The standard InChI is InChI=1S/C42H74O8/c1-3-5-7-8-9-10-11-12-13-14-15-16-17-18-19-24-28-41(47)49-33-36(44)34-50-42(48)29-25-21-20-23-27-37-38(40(46)32-39(37)45)31-30-35(43)26-22-6-4-2/h20,23,30-31,35-39,43-45H,3-19,21-22,24-29,32-34H2,1-2H3/b23-20-,31-30+/t35-,36-,37+,38+,39-/m0/s1. The molecule has 0 unspecified atom stereocenters. The van der Waals surface area contributed by atoms with E-state index < -0.39 is 30.2 Å². The molecule has 0 saturated heterocycles. The minimum Gasteiger partial charge on any atom is -0.463 e. The molecule has 5 atom stereocenters. The largest absolute Gasteiger partial charge is 0.463 e. The average molecular weight is 707 g/mol. The number of carbonyl (C=O) groups excluding carboxylic acids is 3. The molecular formula is C42H74O8. The number of hydrogen-bond acceptors (Lipinski definition) is 8. The number of aliphatic hydroxyl groups is 3. The Hall–Kier alpha value is -2.03. The van der Waals surface area contributed by atoms with Crippen molar-refractivity contribution in [3.05, 3.63) is 24.3 Å². The summed E-state index contributed by atoms with van der Waals surface area (Å²) in [5.41, 5.74) is 0. The summed E-state index contributed by atoms with van der Waals surface area (Å²) >= 11 is 0. The molecule has 0 amide bonds. The second kappa shape index (κ2) is 31.7. The Kier molecular flexibility index (Phi) is 29.1. The third-order valence-corrected chi connectivity index (χ3v) is 9.82. The molecular weight excluding hydrogens is 632 g/mol.